The zero-order valence-electron chi connectivity index (χ0n) is 7.16. The number of aromatic nitrogens is 2. The smallest absolute Gasteiger partial charge is 0.127 e. The van der Waals surface area contributed by atoms with Crippen LogP contribution in [0.2, 0.25) is 0 Å². The molecular formula is C9H10N2S. The summed E-state index contributed by atoms with van der Waals surface area (Å²) in [5.74, 6) is 0. The first kappa shape index (κ1) is 7.68. The van der Waals surface area contributed by atoms with Gasteiger partial charge in [-0.2, -0.15) is 0 Å². The van der Waals surface area contributed by atoms with Crippen molar-refractivity contribution >= 4 is 21.6 Å². The summed E-state index contributed by atoms with van der Waals surface area (Å²) in [5.41, 5.74) is 1.08. The maximum atomic E-state index is 4.22. The van der Waals surface area contributed by atoms with Crippen LogP contribution in [0.1, 0.15) is 17.5 Å². The van der Waals surface area contributed by atoms with Gasteiger partial charge in [-0.15, -0.1) is 11.3 Å². The first-order valence-electron chi connectivity index (χ1n) is 4.01. The number of hydrogen-bond donors (Lipinski definition) is 0. The summed E-state index contributed by atoms with van der Waals surface area (Å²) >= 11 is 1.76. The lowest BCUT2D eigenvalue weighted by Crippen LogP contribution is -1.81. The van der Waals surface area contributed by atoms with Crippen molar-refractivity contribution in [3.8, 4) is 0 Å². The van der Waals surface area contributed by atoms with Gasteiger partial charge in [0.05, 0.1) is 0 Å². The molecule has 0 atom stereocenters. The van der Waals surface area contributed by atoms with Gasteiger partial charge in [0.1, 0.15) is 11.2 Å². The molecule has 0 saturated carbocycles. The molecule has 0 aromatic carbocycles. The van der Waals surface area contributed by atoms with Crippen molar-refractivity contribution < 1.29 is 0 Å². The Morgan fingerprint density at radius 1 is 1.42 bits per heavy atom. The van der Waals surface area contributed by atoms with Crippen LogP contribution in [0.25, 0.3) is 10.2 Å². The number of hydrogen-bond acceptors (Lipinski definition) is 3. The van der Waals surface area contributed by atoms with E-state index in [0.29, 0.717) is 0 Å². The van der Waals surface area contributed by atoms with E-state index in [4.69, 9.17) is 0 Å². The van der Waals surface area contributed by atoms with Gasteiger partial charge in [0, 0.05) is 16.0 Å². The minimum absolute atomic E-state index is 1.08. The Hall–Kier alpha value is -0.960. The molecule has 0 aliphatic rings. The summed E-state index contributed by atoms with van der Waals surface area (Å²) < 4.78 is 0. The Labute approximate surface area is 75.3 Å². The van der Waals surface area contributed by atoms with Gasteiger partial charge in [-0.05, 0) is 19.4 Å². The first-order chi connectivity index (χ1) is 5.81. The molecule has 0 N–H and O–H groups in total. The van der Waals surface area contributed by atoms with Crippen LogP contribution in [0.15, 0.2) is 12.4 Å². The van der Waals surface area contributed by atoms with Crippen LogP contribution in [0, 0.1) is 6.92 Å². The van der Waals surface area contributed by atoms with E-state index in [0.717, 1.165) is 16.9 Å². The molecule has 0 aliphatic carbocycles. The molecular weight excluding hydrogens is 168 g/mol. The van der Waals surface area contributed by atoms with Gasteiger partial charge in [0.2, 0.25) is 0 Å². The van der Waals surface area contributed by atoms with E-state index in [9.17, 15) is 0 Å². The zero-order chi connectivity index (χ0) is 8.55. The van der Waals surface area contributed by atoms with E-state index in [-0.39, 0.29) is 0 Å². The normalized spacial score (nSPS) is 10.8. The van der Waals surface area contributed by atoms with Crippen LogP contribution in [-0.4, -0.2) is 9.97 Å². The molecule has 0 spiro atoms. The Morgan fingerprint density at radius 3 is 2.92 bits per heavy atom. The molecule has 0 amide bonds. The number of fused-ring (bicyclic) bond motifs is 1. The molecule has 0 bridgehead atoms. The van der Waals surface area contributed by atoms with Crippen LogP contribution in [0.5, 0.6) is 0 Å². The fourth-order valence-electron chi connectivity index (χ4n) is 1.20. The van der Waals surface area contributed by atoms with Crippen LogP contribution in [0.4, 0.5) is 0 Å². The summed E-state index contributed by atoms with van der Waals surface area (Å²) in [5, 5.41) is 1.21. The molecule has 0 fully saturated rings. The van der Waals surface area contributed by atoms with E-state index in [2.05, 4.69) is 23.0 Å². The average molecular weight is 178 g/mol. The van der Waals surface area contributed by atoms with E-state index < -0.39 is 0 Å². The standard InChI is InChI=1S/C9H10N2S/c1-3-7-4-8-6(2)10-5-11-9(8)12-7/h4-5H,3H2,1-2H3. The van der Waals surface area contributed by atoms with Gasteiger partial charge in [-0.1, -0.05) is 6.92 Å². The third kappa shape index (κ3) is 1.10. The van der Waals surface area contributed by atoms with E-state index in [1.165, 1.54) is 10.3 Å². The number of thiophene rings is 1. The van der Waals surface area contributed by atoms with Crippen molar-refractivity contribution in [1.29, 1.82) is 0 Å². The number of aryl methyl sites for hydroxylation is 2. The summed E-state index contributed by atoms with van der Waals surface area (Å²) in [6.45, 7) is 4.18. The second-order valence-corrected chi connectivity index (χ2v) is 3.86. The van der Waals surface area contributed by atoms with Crippen molar-refractivity contribution in [3.05, 3.63) is 23.0 Å². The van der Waals surface area contributed by atoms with E-state index >= 15 is 0 Å². The molecule has 3 heteroatoms. The van der Waals surface area contributed by atoms with Crippen molar-refractivity contribution in [2.45, 2.75) is 20.3 Å². The fourth-order valence-corrected chi connectivity index (χ4v) is 2.18. The lowest BCUT2D eigenvalue weighted by molar-refractivity contribution is 1.16. The Bertz CT molecular complexity index is 406. The monoisotopic (exact) mass is 178 g/mol. The van der Waals surface area contributed by atoms with E-state index in [1.807, 2.05) is 6.92 Å². The Morgan fingerprint density at radius 2 is 2.25 bits per heavy atom. The summed E-state index contributed by atoms with van der Waals surface area (Å²) in [7, 11) is 0. The molecule has 12 heavy (non-hydrogen) atoms. The zero-order valence-corrected chi connectivity index (χ0v) is 7.98. The van der Waals surface area contributed by atoms with Crippen LogP contribution >= 0.6 is 11.3 Å². The molecule has 0 radical (unpaired) electrons. The highest BCUT2D eigenvalue weighted by Crippen LogP contribution is 2.24. The topological polar surface area (TPSA) is 25.8 Å². The molecule has 62 valence electrons. The number of nitrogens with zero attached hydrogens (tertiary/aromatic N) is 2. The third-order valence-electron chi connectivity index (χ3n) is 1.93. The van der Waals surface area contributed by atoms with Crippen molar-refractivity contribution in [3.63, 3.8) is 0 Å². The number of rotatable bonds is 1. The predicted molar refractivity (Wildman–Crippen MR) is 51.5 cm³/mol. The minimum atomic E-state index is 1.08. The SMILES string of the molecule is CCc1cc2c(C)ncnc2s1. The van der Waals surface area contributed by atoms with Gasteiger partial charge in [-0.25, -0.2) is 9.97 Å². The second-order valence-electron chi connectivity index (χ2n) is 2.74. The molecule has 2 aromatic heterocycles. The molecule has 2 heterocycles. The second kappa shape index (κ2) is 2.83. The van der Waals surface area contributed by atoms with Crippen molar-refractivity contribution in [1.82, 2.24) is 9.97 Å². The van der Waals surface area contributed by atoms with Gasteiger partial charge in [0.25, 0.3) is 0 Å². The Kier molecular flexibility index (Phi) is 1.81. The highest BCUT2D eigenvalue weighted by molar-refractivity contribution is 7.18. The molecule has 0 saturated heterocycles. The van der Waals surface area contributed by atoms with Gasteiger partial charge < -0.3 is 0 Å². The third-order valence-corrected chi connectivity index (χ3v) is 3.12. The molecule has 2 aromatic rings. The minimum Gasteiger partial charge on any atom is -0.241 e. The quantitative estimate of drug-likeness (QED) is 0.670. The first-order valence-corrected chi connectivity index (χ1v) is 4.83. The molecule has 2 rings (SSSR count). The highest BCUT2D eigenvalue weighted by atomic mass is 32.1. The summed E-state index contributed by atoms with van der Waals surface area (Å²) in [4.78, 5) is 10.9. The molecule has 0 unspecified atom stereocenters. The lowest BCUT2D eigenvalue weighted by atomic mass is 10.3. The van der Waals surface area contributed by atoms with Gasteiger partial charge in [0.15, 0.2) is 0 Å². The maximum Gasteiger partial charge on any atom is 0.127 e. The predicted octanol–water partition coefficient (Wildman–Crippen LogP) is 2.56. The molecule has 0 aliphatic heterocycles. The largest absolute Gasteiger partial charge is 0.241 e. The van der Waals surface area contributed by atoms with Crippen molar-refractivity contribution in [2.24, 2.45) is 0 Å². The van der Waals surface area contributed by atoms with Gasteiger partial charge in [-0.3, -0.25) is 0 Å². The summed E-state index contributed by atoms with van der Waals surface area (Å²) in [6, 6.07) is 2.19. The fraction of sp³-hybridized carbons (Fsp3) is 0.333. The average Bonchev–Trinajstić information content (AvgIpc) is 2.49. The van der Waals surface area contributed by atoms with E-state index in [1.54, 1.807) is 17.7 Å². The van der Waals surface area contributed by atoms with Gasteiger partial charge >= 0.3 is 0 Å². The Balaban J connectivity index is 2.74. The lowest BCUT2D eigenvalue weighted by Gasteiger charge is -1.90. The highest BCUT2D eigenvalue weighted by Gasteiger charge is 2.03. The maximum absolute atomic E-state index is 4.22. The van der Waals surface area contributed by atoms with Crippen LogP contribution in [0.3, 0.4) is 0 Å². The summed E-state index contributed by atoms with van der Waals surface area (Å²) in [6.07, 6.45) is 2.72. The van der Waals surface area contributed by atoms with Crippen molar-refractivity contribution in [2.75, 3.05) is 0 Å². The van der Waals surface area contributed by atoms with Crippen LogP contribution < -0.4 is 0 Å². The molecule has 2 nitrogen and oxygen atoms in total. The van der Waals surface area contributed by atoms with Crippen LogP contribution in [-0.2, 0) is 6.42 Å².